The van der Waals surface area contributed by atoms with Gasteiger partial charge in [0.2, 0.25) is 0 Å². The van der Waals surface area contributed by atoms with Gasteiger partial charge in [-0.2, -0.15) is 0 Å². The van der Waals surface area contributed by atoms with Gasteiger partial charge in [0, 0.05) is 23.1 Å². The molecule has 1 unspecified atom stereocenters. The molecule has 0 saturated carbocycles. The SMILES string of the molecule is C=CC(=O)O.CCC(C)(C)c1cc(C(C)c2cc(C(C)(C)CC)cc(C(C)(C)CC)c2O)cc(C(C)(C)CC)c1. The summed E-state index contributed by atoms with van der Waals surface area (Å²) in [6.07, 6.45) is 5.07. The third kappa shape index (κ3) is 8.24. The summed E-state index contributed by atoms with van der Waals surface area (Å²) in [4.78, 5) is 9.25. The number of carboxylic acids is 1. The Bertz CT molecular complexity index is 1130. The molecule has 224 valence electrons. The monoisotopic (exact) mass is 550 g/mol. The van der Waals surface area contributed by atoms with Crippen LogP contribution in [0.2, 0.25) is 0 Å². The van der Waals surface area contributed by atoms with Crippen LogP contribution in [0.15, 0.2) is 43.0 Å². The molecule has 2 N–H and O–H groups in total. The summed E-state index contributed by atoms with van der Waals surface area (Å²) in [5, 5.41) is 19.3. The molecule has 40 heavy (non-hydrogen) atoms. The first kappa shape index (κ1) is 35.5. The Labute approximate surface area is 246 Å². The average Bonchev–Trinajstić information content (AvgIpc) is 2.92. The van der Waals surface area contributed by atoms with E-state index in [1.54, 1.807) is 0 Å². The highest BCUT2D eigenvalue weighted by Gasteiger charge is 2.31. The van der Waals surface area contributed by atoms with Gasteiger partial charge in [-0.1, -0.05) is 127 Å². The number of carbonyl (C=O) groups is 1. The fraction of sp³-hybridized carbons (Fsp3) is 0.595. The van der Waals surface area contributed by atoms with Crippen molar-refractivity contribution in [3.05, 3.63) is 76.4 Å². The smallest absolute Gasteiger partial charge is 0.327 e. The zero-order valence-corrected chi connectivity index (χ0v) is 27.9. The molecule has 0 aliphatic rings. The van der Waals surface area contributed by atoms with Crippen molar-refractivity contribution in [1.82, 2.24) is 0 Å². The molecular weight excluding hydrogens is 492 g/mol. The van der Waals surface area contributed by atoms with Gasteiger partial charge in [0.15, 0.2) is 0 Å². The lowest BCUT2D eigenvalue weighted by Gasteiger charge is -2.33. The molecule has 0 amide bonds. The largest absolute Gasteiger partial charge is 0.507 e. The lowest BCUT2D eigenvalue weighted by molar-refractivity contribution is -0.131. The molecule has 0 aliphatic carbocycles. The number of hydrogen-bond donors (Lipinski definition) is 2. The highest BCUT2D eigenvalue weighted by Crippen LogP contribution is 2.45. The second-order valence-electron chi connectivity index (χ2n) is 14.0. The van der Waals surface area contributed by atoms with Gasteiger partial charge in [-0.05, 0) is 69.6 Å². The van der Waals surface area contributed by atoms with Crippen LogP contribution in [0.5, 0.6) is 5.75 Å². The number of phenolic OH excluding ortho intramolecular Hbond substituents is 1. The molecule has 0 saturated heterocycles. The average molecular weight is 551 g/mol. The van der Waals surface area contributed by atoms with Gasteiger partial charge in [0.25, 0.3) is 0 Å². The second-order valence-corrected chi connectivity index (χ2v) is 14.0. The van der Waals surface area contributed by atoms with Crippen LogP contribution >= 0.6 is 0 Å². The fourth-order valence-electron chi connectivity index (χ4n) is 4.56. The molecule has 2 aromatic rings. The van der Waals surface area contributed by atoms with Crippen molar-refractivity contribution in [2.24, 2.45) is 0 Å². The third-order valence-corrected chi connectivity index (χ3v) is 9.84. The predicted molar refractivity (Wildman–Crippen MR) is 173 cm³/mol. The maximum Gasteiger partial charge on any atom is 0.327 e. The first-order valence-electron chi connectivity index (χ1n) is 15.1. The van der Waals surface area contributed by atoms with E-state index in [2.05, 4.69) is 127 Å². The molecule has 1 atom stereocenters. The van der Waals surface area contributed by atoms with Crippen LogP contribution in [-0.4, -0.2) is 16.2 Å². The second kappa shape index (κ2) is 13.4. The number of aliphatic carboxylic acids is 1. The van der Waals surface area contributed by atoms with Gasteiger partial charge < -0.3 is 10.2 Å². The minimum atomic E-state index is -0.981. The highest BCUT2D eigenvalue weighted by molar-refractivity contribution is 5.78. The van der Waals surface area contributed by atoms with E-state index in [9.17, 15) is 9.90 Å². The number of benzene rings is 2. The maximum absolute atomic E-state index is 11.7. The van der Waals surface area contributed by atoms with E-state index in [-0.39, 0.29) is 27.6 Å². The van der Waals surface area contributed by atoms with E-state index in [0.717, 1.165) is 42.9 Å². The van der Waals surface area contributed by atoms with E-state index in [1.165, 1.54) is 22.3 Å². The summed E-state index contributed by atoms with van der Waals surface area (Å²) >= 11 is 0. The van der Waals surface area contributed by atoms with Crippen molar-refractivity contribution >= 4 is 5.97 Å². The molecule has 0 radical (unpaired) electrons. The summed E-state index contributed by atoms with van der Waals surface area (Å²) in [7, 11) is 0. The van der Waals surface area contributed by atoms with Crippen molar-refractivity contribution in [3.63, 3.8) is 0 Å². The number of phenols is 1. The molecule has 3 nitrogen and oxygen atoms in total. The van der Waals surface area contributed by atoms with Crippen LogP contribution in [0, 0.1) is 0 Å². The van der Waals surface area contributed by atoms with Gasteiger partial charge in [0.1, 0.15) is 5.75 Å². The Morgan fingerprint density at radius 3 is 1.40 bits per heavy atom. The van der Waals surface area contributed by atoms with Crippen molar-refractivity contribution < 1.29 is 15.0 Å². The molecule has 2 rings (SSSR count). The van der Waals surface area contributed by atoms with Crippen molar-refractivity contribution in [2.75, 3.05) is 0 Å². The van der Waals surface area contributed by atoms with E-state index in [1.807, 2.05) is 0 Å². The highest BCUT2D eigenvalue weighted by atomic mass is 16.4. The molecular formula is C37H58O3. The Balaban J connectivity index is 0.00000146. The number of aromatic hydroxyl groups is 1. The van der Waals surface area contributed by atoms with Crippen molar-refractivity contribution in [3.8, 4) is 5.75 Å². The normalized spacial score (nSPS) is 13.3. The standard InChI is InChI=1S/C34H54O.C3H4O2/c1-14-31(6,7)25-18-24(19-26(20-25)32(8,9)15-2)23(5)28-21-27(33(10,11)16-3)22-29(30(28)35)34(12,13)17-4;1-2-3(4)5/h18-23,35H,14-17H2,1-13H3;2H,1H2,(H,4,5). The summed E-state index contributed by atoms with van der Waals surface area (Å²) in [5.74, 6) is -0.394. The van der Waals surface area contributed by atoms with Crippen molar-refractivity contribution in [1.29, 1.82) is 0 Å². The summed E-state index contributed by atoms with van der Waals surface area (Å²) in [6, 6.07) is 11.8. The first-order chi connectivity index (χ1) is 18.2. The number of carboxylic acid groups (broad SMARTS) is 1. The van der Waals surface area contributed by atoms with Gasteiger partial charge in [-0.25, -0.2) is 4.79 Å². The zero-order valence-electron chi connectivity index (χ0n) is 27.9. The predicted octanol–water partition coefficient (Wildman–Crippen LogP) is 10.6. The zero-order chi connectivity index (χ0) is 31.3. The van der Waals surface area contributed by atoms with Crippen molar-refractivity contribution in [2.45, 2.75) is 143 Å². The lowest BCUT2D eigenvalue weighted by Crippen LogP contribution is -2.22. The number of hydrogen-bond acceptors (Lipinski definition) is 2. The summed E-state index contributed by atoms with van der Waals surface area (Å²) in [5.41, 5.74) is 7.78. The number of rotatable bonds is 11. The molecule has 0 fully saturated rings. The summed E-state index contributed by atoms with van der Waals surface area (Å²) < 4.78 is 0. The summed E-state index contributed by atoms with van der Waals surface area (Å²) in [6.45, 7) is 32.8. The Morgan fingerprint density at radius 2 is 1.07 bits per heavy atom. The molecule has 0 bridgehead atoms. The van der Waals surface area contributed by atoms with Gasteiger partial charge in [0.05, 0.1) is 0 Å². The van der Waals surface area contributed by atoms with E-state index in [4.69, 9.17) is 5.11 Å². The van der Waals surface area contributed by atoms with Crippen LogP contribution in [0.1, 0.15) is 155 Å². The molecule has 0 spiro atoms. The van der Waals surface area contributed by atoms with Crippen LogP contribution in [0.3, 0.4) is 0 Å². The van der Waals surface area contributed by atoms with E-state index in [0.29, 0.717) is 5.75 Å². The van der Waals surface area contributed by atoms with Gasteiger partial charge in [-0.3, -0.25) is 0 Å². The lowest BCUT2D eigenvalue weighted by atomic mass is 9.72. The topological polar surface area (TPSA) is 57.5 Å². The van der Waals surface area contributed by atoms with Gasteiger partial charge >= 0.3 is 5.97 Å². The van der Waals surface area contributed by atoms with Crippen LogP contribution in [-0.2, 0) is 26.5 Å². The fourth-order valence-corrected chi connectivity index (χ4v) is 4.56. The quantitative estimate of drug-likeness (QED) is 0.274. The minimum Gasteiger partial charge on any atom is -0.507 e. The minimum absolute atomic E-state index is 0.0577. The third-order valence-electron chi connectivity index (χ3n) is 9.84. The molecule has 3 heteroatoms. The Kier molecular flexibility index (Phi) is 11.9. The van der Waals surface area contributed by atoms with Crippen LogP contribution < -0.4 is 0 Å². The molecule has 0 heterocycles. The molecule has 2 aromatic carbocycles. The molecule has 0 aromatic heterocycles. The van der Waals surface area contributed by atoms with E-state index < -0.39 is 5.97 Å². The first-order valence-corrected chi connectivity index (χ1v) is 15.1. The maximum atomic E-state index is 11.7. The van der Waals surface area contributed by atoms with Crippen LogP contribution in [0.25, 0.3) is 0 Å². The van der Waals surface area contributed by atoms with Crippen LogP contribution in [0.4, 0.5) is 0 Å². The Hall–Kier alpha value is -2.55. The van der Waals surface area contributed by atoms with Gasteiger partial charge in [-0.15, -0.1) is 0 Å². The Morgan fingerprint density at radius 1 is 0.725 bits per heavy atom. The molecule has 0 aliphatic heterocycles. The van der Waals surface area contributed by atoms with E-state index >= 15 is 0 Å².